The monoisotopic (exact) mass is 259 g/mol. The zero-order valence-electron chi connectivity index (χ0n) is 12.3. The maximum absolute atomic E-state index is 11.2. The van der Waals surface area contributed by atoms with Crippen LogP contribution < -0.4 is 5.32 Å². The second kappa shape index (κ2) is 9.34. The smallest absolute Gasteiger partial charge is 0.323 e. The third-order valence-electron chi connectivity index (χ3n) is 3.09. The molecule has 0 heterocycles. The Morgan fingerprint density at radius 3 is 2.50 bits per heavy atom. The van der Waals surface area contributed by atoms with Gasteiger partial charge in [0.1, 0.15) is 5.54 Å². The Balaban J connectivity index is 3.65. The lowest BCUT2D eigenvalue weighted by molar-refractivity contribution is -0.144. The van der Waals surface area contributed by atoms with Gasteiger partial charge in [-0.05, 0) is 45.1 Å². The number of rotatable bonds is 11. The molecule has 0 fully saturated rings. The van der Waals surface area contributed by atoms with E-state index in [0.29, 0.717) is 18.9 Å². The van der Waals surface area contributed by atoms with Crippen molar-refractivity contribution in [3.05, 3.63) is 0 Å². The van der Waals surface area contributed by atoms with E-state index in [4.69, 9.17) is 4.74 Å². The minimum Gasteiger partial charge on any atom is -0.480 e. The largest absolute Gasteiger partial charge is 0.480 e. The molecule has 2 N–H and O–H groups in total. The van der Waals surface area contributed by atoms with E-state index in [1.54, 1.807) is 6.92 Å². The summed E-state index contributed by atoms with van der Waals surface area (Å²) in [5, 5.41) is 12.2. The van der Waals surface area contributed by atoms with Crippen molar-refractivity contribution in [3.63, 3.8) is 0 Å². The van der Waals surface area contributed by atoms with Gasteiger partial charge in [-0.3, -0.25) is 4.79 Å². The van der Waals surface area contributed by atoms with Gasteiger partial charge in [0.25, 0.3) is 0 Å². The Kier molecular flexibility index (Phi) is 9.02. The molecule has 0 aromatic carbocycles. The molecule has 0 aromatic heterocycles. The van der Waals surface area contributed by atoms with E-state index < -0.39 is 11.5 Å². The average molecular weight is 259 g/mol. The molecule has 0 bridgehead atoms. The first kappa shape index (κ1) is 17.4. The number of nitrogens with one attached hydrogen (secondary N) is 1. The van der Waals surface area contributed by atoms with Crippen LogP contribution in [0.2, 0.25) is 0 Å². The van der Waals surface area contributed by atoms with Crippen molar-refractivity contribution in [2.75, 3.05) is 19.8 Å². The lowest BCUT2D eigenvalue weighted by Gasteiger charge is -2.25. The molecule has 0 aliphatic heterocycles. The molecule has 0 saturated carbocycles. The van der Waals surface area contributed by atoms with Crippen LogP contribution in [0.1, 0.15) is 53.4 Å². The molecule has 0 radical (unpaired) electrons. The van der Waals surface area contributed by atoms with Crippen LogP contribution in [0.3, 0.4) is 0 Å². The van der Waals surface area contributed by atoms with Gasteiger partial charge in [0, 0.05) is 13.2 Å². The number of ether oxygens (including phenoxy) is 1. The predicted octanol–water partition coefficient (Wildman–Crippen LogP) is 2.67. The fourth-order valence-corrected chi connectivity index (χ4v) is 1.76. The Bertz CT molecular complexity index is 231. The fraction of sp³-hybridized carbons (Fsp3) is 0.929. The SMILES string of the molecule is CCNC(C)(CCCCOCCC(C)C)C(=O)O. The molecule has 4 nitrogen and oxygen atoms in total. The van der Waals surface area contributed by atoms with Gasteiger partial charge in [-0.1, -0.05) is 20.8 Å². The molecule has 1 atom stereocenters. The third-order valence-corrected chi connectivity index (χ3v) is 3.09. The Morgan fingerprint density at radius 1 is 1.33 bits per heavy atom. The first-order valence-corrected chi connectivity index (χ1v) is 6.98. The molecule has 0 aliphatic carbocycles. The van der Waals surface area contributed by atoms with Gasteiger partial charge in [-0.2, -0.15) is 0 Å². The molecule has 0 aliphatic rings. The van der Waals surface area contributed by atoms with E-state index in [0.717, 1.165) is 32.5 Å². The van der Waals surface area contributed by atoms with E-state index in [1.807, 2.05) is 6.92 Å². The molecule has 0 aromatic rings. The highest BCUT2D eigenvalue weighted by Gasteiger charge is 2.30. The lowest BCUT2D eigenvalue weighted by atomic mass is 9.95. The van der Waals surface area contributed by atoms with E-state index in [1.165, 1.54) is 0 Å². The second-order valence-electron chi connectivity index (χ2n) is 5.42. The van der Waals surface area contributed by atoms with Crippen LogP contribution in [0, 0.1) is 5.92 Å². The number of carboxylic acid groups (broad SMARTS) is 1. The number of unbranched alkanes of at least 4 members (excludes halogenated alkanes) is 1. The lowest BCUT2D eigenvalue weighted by Crippen LogP contribution is -2.49. The molecular formula is C14H29NO3. The first-order valence-electron chi connectivity index (χ1n) is 6.98. The van der Waals surface area contributed by atoms with Crippen LogP contribution in [0.5, 0.6) is 0 Å². The maximum atomic E-state index is 11.2. The van der Waals surface area contributed by atoms with Crippen molar-refractivity contribution >= 4 is 5.97 Å². The van der Waals surface area contributed by atoms with E-state index in [-0.39, 0.29) is 0 Å². The van der Waals surface area contributed by atoms with Crippen LogP contribution in [-0.2, 0) is 9.53 Å². The molecule has 108 valence electrons. The molecule has 0 amide bonds. The zero-order valence-corrected chi connectivity index (χ0v) is 12.3. The van der Waals surface area contributed by atoms with E-state index >= 15 is 0 Å². The highest BCUT2D eigenvalue weighted by Crippen LogP contribution is 2.14. The number of likely N-dealkylation sites (N-methyl/N-ethyl adjacent to an activating group) is 1. The van der Waals surface area contributed by atoms with E-state index in [2.05, 4.69) is 19.2 Å². The normalized spacial score (nSPS) is 14.7. The standard InChI is InChI=1S/C14H29NO3/c1-5-15-14(4,13(16)17)9-6-7-10-18-11-8-12(2)3/h12,15H,5-11H2,1-4H3,(H,16,17). The number of carbonyl (C=O) groups is 1. The number of hydrogen-bond acceptors (Lipinski definition) is 3. The number of aliphatic carboxylic acids is 1. The van der Waals surface area contributed by atoms with Crippen LogP contribution in [-0.4, -0.2) is 36.4 Å². The fourth-order valence-electron chi connectivity index (χ4n) is 1.76. The van der Waals surface area contributed by atoms with Crippen molar-refractivity contribution in [1.82, 2.24) is 5.32 Å². The van der Waals surface area contributed by atoms with Crippen molar-refractivity contribution in [2.24, 2.45) is 5.92 Å². The highest BCUT2D eigenvalue weighted by atomic mass is 16.5. The van der Waals surface area contributed by atoms with Crippen LogP contribution in [0.4, 0.5) is 0 Å². The quantitative estimate of drug-likeness (QED) is 0.560. The van der Waals surface area contributed by atoms with Gasteiger partial charge >= 0.3 is 5.97 Å². The van der Waals surface area contributed by atoms with Gasteiger partial charge in [0.2, 0.25) is 0 Å². The summed E-state index contributed by atoms with van der Waals surface area (Å²) in [5.74, 6) is -0.0980. The van der Waals surface area contributed by atoms with Crippen LogP contribution in [0.25, 0.3) is 0 Å². The third kappa shape index (κ3) is 7.67. The molecule has 4 heteroatoms. The summed E-state index contributed by atoms with van der Waals surface area (Å²) in [4.78, 5) is 11.2. The summed E-state index contributed by atoms with van der Waals surface area (Å²) in [6.45, 7) is 10.2. The van der Waals surface area contributed by atoms with Gasteiger partial charge in [0.15, 0.2) is 0 Å². The van der Waals surface area contributed by atoms with Gasteiger partial charge in [-0.25, -0.2) is 0 Å². The predicted molar refractivity (Wildman–Crippen MR) is 73.8 cm³/mol. The second-order valence-corrected chi connectivity index (χ2v) is 5.42. The van der Waals surface area contributed by atoms with Gasteiger partial charge in [0.05, 0.1) is 0 Å². The minimum atomic E-state index is -0.799. The highest BCUT2D eigenvalue weighted by molar-refractivity contribution is 5.78. The molecule has 0 rings (SSSR count). The number of hydrogen-bond donors (Lipinski definition) is 2. The summed E-state index contributed by atoms with van der Waals surface area (Å²) in [6, 6.07) is 0. The van der Waals surface area contributed by atoms with Crippen LogP contribution in [0.15, 0.2) is 0 Å². The summed E-state index contributed by atoms with van der Waals surface area (Å²) in [6.07, 6.45) is 3.53. The van der Waals surface area contributed by atoms with Gasteiger partial charge < -0.3 is 15.2 Å². The summed E-state index contributed by atoms with van der Waals surface area (Å²) in [7, 11) is 0. The summed E-state index contributed by atoms with van der Waals surface area (Å²) >= 11 is 0. The molecule has 0 saturated heterocycles. The molecule has 0 spiro atoms. The maximum Gasteiger partial charge on any atom is 0.323 e. The Labute approximate surface area is 111 Å². The van der Waals surface area contributed by atoms with Crippen molar-refractivity contribution in [1.29, 1.82) is 0 Å². The van der Waals surface area contributed by atoms with Crippen molar-refractivity contribution < 1.29 is 14.6 Å². The average Bonchev–Trinajstić information content (AvgIpc) is 2.27. The molecule has 1 unspecified atom stereocenters. The molecular weight excluding hydrogens is 230 g/mol. The minimum absolute atomic E-state index is 0.643. The zero-order chi connectivity index (χ0) is 14.0. The van der Waals surface area contributed by atoms with Crippen molar-refractivity contribution in [2.45, 2.75) is 58.9 Å². The van der Waals surface area contributed by atoms with Crippen LogP contribution >= 0.6 is 0 Å². The number of carboxylic acids is 1. The van der Waals surface area contributed by atoms with Crippen molar-refractivity contribution in [3.8, 4) is 0 Å². The van der Waals surface area contributed by atoms with Gasteiger partial charge in [-0.15, -0.1) is 0 Å². The molecule has 18 heavy (non-hydrogen) atoms. The van der Waals surface area contributed by atoms with E-state index in [9.17, 15) is 9.90 Å². The summed E-state index contributed by atoms with van der Waals surface area (Å²) < 4.78 is 5.51. The Morgan fingerprint density at radius 2 is 2.00 bits per heavy atom. The first-order chi connectivity index (χ1) is 8.42. The summed E-state index contributed by atoms with van der Waals surface area (Å²) in [5.41, 5.74) is -0.799. The Hall–Kier alpha value is -0.610. The topological polar surface area (TPSA) is 58.6 Å².